The second-order valence-electron chi connectivity index (χ2n) is 13.8. The van der Waals surface area contributed by atoms with Crippen molar-refractivity contribution in [2.75, 3.05) is 46.9 Å². The van der Waals surface area contributed by atoms with E-state index >= 15 is 0 Å². The first kappa shape index (κ1) is 45.7. The van der Waals surface area contributed by atoms with Crippen LogP contribution in [0.4, 0.5) is 18.0 Å². The predicted octanol–water partition coefficient (Wildman–Crippen LogP) is 6.27. The zero-order valence-corrected chi connectivity index (χ0v) is 32.4. The molecule has 2 N–H and O–H groups in total. The van der Waals surface area contributed by atoms with Gasteiger partial charge in [0, 0.05) is 39.8 Å². The second kappa shape index (κ2) is 22.2. The van der Waals surface area contributed by atoms with Crippen molar-refractivity contribution in [2.45, 2.75) is 64.0 Å². The number of benzene rings is 3. The van der Waals surface area contributed by atoms with Crippen LogP contribution in [0.15, 0.2) is 84.9 Å². The number of hydrogen-bond donors (Lipinski definition) is 2. The van der Waals surface area contributed by atoms with Crippen molar-refractivity contribution >= 4 is 29.9 Å². The van der Waals surface area contributed by atoms with E-state index in [0.717, 1.165) is 57.4 Å². The first-order valence-electron chi connectivity index (χ1n) is 18.4. The predicted molar refractivity (Wildman–Crippen MR) is 203 cm³/mol. The van der Waals surface area contributed by atoms with Crippen molar-refractivity contribution < 1.29 is 61.6 Å². The number of alkyl halides is 3. The molecule has 1 fully saturated rings. The van der Waals surface area contributed by atoms with E-state index in [1.807, 2.05) is 17.0 Å². The fourth-order valence-corrected chi connectivity index (χ4v) is 6.06. The smallest absolute Gasteiger partial charge is 0.422 e. The van der Waals surface area contributed by atoms with E-state index in [9.17, 15) is 47.4 Å². The first-order chi connectivity index (χ1) is 27.0. The summed E-state index contributed by atoms with van der Waals surface area (Å²) in [7, 11) is 3.57. The van der Waals surface area contributed by atoms with Gasteiger partial charge < -0.3 is 39.1 Å². The normalized spacial score (nSPS) is 14.6. The molecule has 3 atom stereocenters. The van der Waals surface area contributed by atoms with Gasteiger partial charge in [-0.3, -0.25) is 0 Å². The fourth-order valence-electron chi connectivity index (χ4n) is 6.06. The number of urea groups is 1. The molecule has 1 heterocycles. The van der Waals surface area contributed by atoms with Crippen LogP contribution in [0.1, 0.15) is 59.4 Å². The molecule has 3 aromatic carbocycles. The SMILES string of the molecule is CCCN(CC1CCN(C(=O)N(C)C)CC1)C(C)Cc1ccc(OCC(F)(F)F)cc1.O=C(O[C@@H](C(=O)O)[C@@H](OC(=O)c1ccccc1)C(=O)O)c1ccccc1. The zero-order chi connectivity index (χ0) is 42.1. The van der Waals surface area contributed by atoms with Gasteiger partial charge in [-0.05, 0) is 87.0 Å². The van der Waals surface area contributed by atoms with E-state index in [0.29, 0.717) is 12.0 Å². The van der Waals surface area contributed by atoms with Crippen LogP contribution in [0.3, 0.4) is 0 Å². The summed E-state index contributed by atoms with van der Waals surface area (Å²) in [6.07, 6.45) is -4.84. The average molecular weight is 802 g/mol. The fraction of sp³-hybridized carbons (Fsp3) is 0.439. The van der Waals surface area contributed by atoms with Gasteiger partial charge in [-0.2, -0.15) is 13.2 Å². The molecule has 13 nitrogen and oxygen atoms in total. The molecule has 0 aliphatic carbocycles. The minimum atomic E-state index is -4.33. The molecular weight excluding hydrogens is 751 g/mol. The number of aliphatic carboxylic acids is 2. The molecule has 1 aliphatic rings. The standard InChI is InChI=1S/C23H36F3N3O2.C18H14O8/c1-5-12-29(16-20-10-13-28(14-11-20)22(30)27(3)4)18(2)15-19-6-8-21(9-7-19)31-17-23(24,25)26;19-15(20)13(25-17(23)11-7-3-1-4-8-11)14(16(21)22)26-18(24)12-9-5-2-6-10-12/h6-9,18,20H,5,10-17H2,1-4H3;1-10,13-14H,(H,19,20)(H,21,22)/t;13-,14-/m.1/s1. The molecule has 0 bridgehead atoms. The number of rotatable bonds is 16. The van der Waals surface area contributed by atoms with Gasteiger partial charge in [0.15, 0.2) is 6.61 Å². The van der Waals surface area contributed by atoms with Crippen LogP contribution >= 0.6 is 0 Å². The molecule has 0 aromatic heterocycles. The van der Waals surface area contributed by atoms with Gasteiger partial charge in [-0.1, -0.05) is 55.5 Å². The average Bonchev–Trinajstić information content (AvgIpc) is 3.19. The lowest BCUT2D eigenvalue weighted by Gasteiger charge is -2.37. The van der Waals surface area contributed by atoms with Crippen LogP contribution in [-0.2, 0) is 25.5 Å². The minimum Gasteiger partial charge on any atom is -0.484 e. The summed E-state index contributed by atoms with van der Waals surface area (Å²) in [4.78, 5) is 65.0. The monoisotopic (exact) mass is 801 g/mol. The van der Waals surface area contributed by atoms with Crippen molar-refractivity contribution in [3.8, 4) is 5.75 Å². The topological polar surface area (TPSA) is 163 Å². The molecule has 310 valence electrons. The molecule has 1 unspecified atom stereocenters. The summed E-state index contributed by atoms with van der Waals surface area (Å²) in [6.45, 7) is 6.71. The number of carbonyl (C=O) groups is 5. The summed E-state index contributed by atoms with van der Waals surface area (Å²) in [5.41, 5.74) is 1.13. The van der Waals surface area contributed by atoms with Crippen molar-refractivity contribution in [2.24, 2.45) is 5.92 Å². The number of carboxylic acids is 2. The van der Waals surface area contributed by atoms with Crippen molar-refractivity contribution in [3.63, 3.8) is 0 Å². The quantitative estimate of drug-likeness (QED) is 0.157. The first-order valence-corrected chi connectivity index (χ1v) is 18.4. The molecule has 4 rings (SSSR count). The summed E-state index contributed by atoms with van der Waals surface area (Å²) in [5.74, 6) is -4.83. The van der Waals surface area contributed by atoms with Crippen LogP contribution < -0.4 is 4.74 Å². The van der Waals surface area contributed by atoms with Gasteiger partial charge in [0.2, 0.25) is 12.2 Å². The van der Waals surface area contributed by atoms with Crippen LogP contribution in [0.5, 0.6) is 5.75 Å². The zero-order valence-electron chi connectivity index (χ0n) is 32.4. The Morgan fingerprint density at radius 3 is 1.67 bits per heavy atom. The maximum absolute atomic E-state index is 12.3. The highest BCUT2D eigenvalue weighted by Gasteiger charge is 2.41. The maximum Gasteiger partial charge on any atom is 0.422 e. The molecule has 16 heteroatoms. The van der Waals surface area contributed by atoms with Crippen molar-refractivity contribution in [1.29, 1.82) is 0 Å². The Morgan fingerprint density at radius 1 is 0.789 bits per heavy atom. The Kier molecular flexibility index (Phi) is 17.8. The van der Waals surface area contributed by atoms with Gasteiger partial charge in [0.25, 0.3) is 0 Å². The van der Waals surface area contributed by atoms with Gasteiger partial charge in [0.05, 0.1) is 11.1 Å². The highest BCUT2D eigenvalue weighted by atomic mass is 19.4. The van der Waals surface area contributed by atoms with E-state index in [1.165, 1.54) is 48.5 Å². The van der Waals surface area contributed by atoms with Crippen LogP contribution in [0.2, 0.25) is 0 Å². The van der Waals surface area contributed by atoms with Crippen LogP contribution in [0, 0.1) is 5.92 Å². The summed E-state index contributed by atoms with van der Waals surface area (Å²) < 4.78 is 51.2. The van der Waals surface area contributed by atoms with Crippen LogP contribution in [0.25, 0.3) is 0 Å². The molecule has 0 spiro atoms. The molecule has 0 saturated carbocycles. The van der Waals surface area contributed by atoms with E-state index in [4.69, 9.17) is 14.2 Å². The Balaban J connectivity index is 0.000000310. The lowest BCUT2D eigenvalue weighted by atomic mass is 9.95. The minimum absolute atomic E-state index is 0.0253. The van der Waals surface area contributed by atoms with E-state index < -0.39 is 48.9 Å². The molecule has 1 aliphatic heterocycles. The second-order valence-corrected chi connectivity index (χ2v) is 13.8. The lowest BCUT2D eigenvalue weighted by Crippen LogP contribution is -2.46. The van der Waals surface area contributed by atoms with Gasteiger partial charge in [-0.25, -0.2) is 24.0 Å². The van der Waals surface area contributed by atoms with Crippen LogP contribution in [-0.4, -0.2) is 126 Å². The highest BCUT2D eigenvalue weighted by Crippen LogP contribution is 2.23. The van der Waals surface area contributed by atoms with Crippen molar-refractivity contribution in [1.82, 2.24) is 14.7 Å². The molecule has 0 radical (unpaired) electrons. The Bertz CT molecular complexity index is 1670. The Hall–Kier alpha value is -5.64. The number of likely N-dealkylation sites (tertiary alicyclic amines) is 1. The largest absolute Gasteiger partial charge is 0.484 e. The molecule has 1 saturated heterocycles. The number of piperidine rings is 1. The summed E-state index contributed by atoms with van der Waals surface area (Å²) >= 11 is 0. The van der Waals surface area contributed by atoms with Gasteiger partial charge >= 0.3 is 36.1 Å². The van der Waals surface area contributed by atoms with E-state index in [2.05, 4.69) is 18.7 Å². The number of nitrogens with zero attached hydrogens (tertiary/aromatic N) is 3. The number of esters is 2. The summed E-state index contributed by atoms with van der Waals surface area (Å²) in [6, 6.07) is 22.1. The van der Waals surface area contributed by atoms with Gasteiger partial charge in [0.1, 0.15) is 5.75 Å². The number of halogens is 3. The summed E-state index contributed by atoms with van der Waals surface area (Å²) in [5, 5.41) is 18.5. The molecule has 57 heavy (non-hydrogen) atoms. The maximum atomic E-state index is 12.3. The van der Waals surface area contributed by atoms with Crippen molar-refractivity contribution in [3.05, 3.63) is 102 Å². The van der Waals surface area contributed by atoms with E-state index in [-0.39, 0.29) is 22.9 Å². The number of ether oxygens (including phenoxy) is 3. The number of hydrogen-bond acceptors (Lipinski definition) is 9. The molecular formula is C41H50F3N3O10. The number of amides is 2. The Labute approximate surface area is 329 Å². The third-order valence-corrected chi connectivity index (χ3v) is 9.00. The number of carbonyl (C=O) groups excluding carboxylic acids is 3. The molecule has 3 aromatic rings. The highest BCUT2D eigenvalue weighted by molar-refractivity contribution is 5.95. The van der Waals surface area contributed by atoms with Gasteiger partial charge in [-0.15, -0.1) is 0 Å². The Morgan fingerprint density at radius 2 is 1.26 bits per heavy atom. The van der Waals surface area contributed by atoms with E-state index in [1.54, 1.807) is 43.3 Å². The third kappa shape index (κ3) is 15.4. The number of carboxylic acid groups (broad SMARTS) is 2. The third-order valence-electron chi connectivity index (χ3n) is 9.00. The molecule has 2 amide bonds. The lowest BCUT2D eigenvalue weighted by molar-refractivity contribution is -0.166.